The number of aromatic nitrogens is 2. The van der Waals surface area contributed by atoms with E-state index in [1.807, 2.05) is 14.0 Å². The van der Waals surface area contributed by atoms with E-state index in [2.05, 4.69) is 15.5 Å². The van der Waals surface area contributed by atoms with Gasteiger partial charge in [-0.15, -0.1) is 21.5 Å². The van der Waals surface area contributed by atoms with Crippen molar-refractivity contribution >= 4 is 11.3 Å². The molecule has 0 saturated heterocycles. The molecule has 0 unspecified atom stereocenters. The second-order valence-corrected chi connectivity index (χ2v) is 3.69. The van der Waals surface area contributed by atoms with Crippen LogP contribution in [0.5, 0.6) is 0 Å². The largest absolute Gasteiger partial charge is 0.320 e. The zero-order valence-electron chi connectivity index (χ0n) is 6.92. The van der Waals surface area contributed by atoms with E-state index in [0.29, 0.717) is 0 Å². The Morgan fingerprint density at radius 1 is 1.45 bits per heavy atom. The van der Waals surface area contributed by atoms with Crippen molar-refractivity contribution in [3.63, 3.8) is 0 Å². The smallest absolute Gasteiger partial charge is 0.117 e. The van der Waals surface area contributed by atoms with Crippen molar-refractivity contribution in [2.24, 2.45) is 0 Å². The van der Waals surface area contributed by atoms with Gasteiger partial charge in [0.25, 0.3) is 0 Å². The molecule has 0 bridgehead atoms. The molecule has 4 heteroatoms. The van der Waals surface area contributed by atoms with Gasteiger partial charge in [-0.25, -0.2) is 0 Å². The zero-order chi connectivity index (χ0) is 8.10. The van der Waals surface area contributed by atoms with Crippen molar-refractivity contribution in [1.82, 2.24) is 15.5 Å². The summed E-state index contributed by atoms with van der Waals surface area (Å²) in [4.78, 5) is 0. The van der Waals surface area contributed by atoms with Crippen LogP contribution in [-0.2, 0) is 6.42 Å². The van der Waals surface area contributed by atoms with Crippen molar-refractivity contribution < 1.29 is 0 Å². The van der Waals surface area contributed by atoms with Crippen LogP contribution in [0.15, 0.2) is 0 Å². The lowest BCUT2D eigenvalue weighted by atomic mass is 10.3. The molecule has 0 amide bonds. The average Bonchev–Trinajstić information content (AvgIpc) is 2.37. The molecule has 1 rings (SSSR count). The number of hydrogen-bond donors (Lipinski definition) is 1. The molecule has 1 heterocycles. The van der Waals surface area contributed by atoms with Gasteiger partial charge in [-0.1, -0.05) is 0 Å². The van der Waals surface area contributed by atoms with Gasteiger partial charge in [0, 0.05) is 6.42 Å². The van der Waals surface area contributed by atoms with Crippen LogP contribution >= 0.6 is 11.3 Å². The van der Waals surface area contributed by atoms with Crippen LogP contribution in [-0.4, -0.2) is 23.8 Å². The van der Waals surface area contributed by atoms with Crippen LogP contribution in [0.25, 0.3) is 0 Å². The van der Waals surface area contributed by atoms with Crippen LogP contribution in [0.3, 0.4) is 0 Å². The maximum atomic E-state index is 4.03. The van der Waals surface area contributed by atoms with E-state index in [9.17, 15) is 0 Å². The molecule has 62 valence electrons. The van der Waals surface area contributed by atoms with E-state index in [-0.39, 0.29) is 0 Å². The molecule has 11 heavy (non-hydrogen) atoms. The van der Waals surface area contributed by atoms with Crippen molar-refractivity contribution in [1.29, 1.82) is 0 Å². The third-order valence-corrected chi connectivity index (χ3v) is 2.28. The highest BCUT2D eigenvalue weighted by Crippen LogP contribution is 2.09. The van der Waals surface area contributed by atoms with Gasteiger partial charge in [0.05, 0.1) is 0 Å². The van der Waals surface area contributed by atoms with Gasteiger partial charge in [0.2, 0.25) is 0 Å². The van der Waals surface area contributed by atoms with Crippen LogP contribution in [0.4, 0.5) is 0 Å². The summed E-state index contributed by atoms with van der Waals surface area (Å²) in [6.45, 7) is 3.04. The predicted octanol–water partition coefficient (Wildman–Crippen LogP) is 0.999. The molecule has 0 atom stereocenters. The van der Waals surface area contributed by atoms with Crippen LogP contribution in [0.1, 0.15) is 16.4 Å². The number of aryl methyl sites for hydroxylation is 2. The fourth-order valence-corrected chi connectivity index (χ4v) is 1.61. The van der Waals surface area contributed by atoms with E-state index in [4.69, 9.17) is 0 Å². The second-order valence-electron chi connectivity index (χ2n) is 2.42. The lowest BCUT2D eigenvalue weighted by Crippen LogP contribution is -2.08. The quantitative estimate of drug-likeness (QED) is 0.687. The number of hydrogen-bond acceptors (Lipinski definition) is 4. The molecule has 0 spiro atoms. The van der Waals surface area contributed by atoms with Gasteiger partial charge < -0.3 is 5.32 Å². The Hall–Kier alpha value is -0.480. The summed E-state index contributed by atoms with van der Waals surface area (Å²) >= 11 is 1.69. The summed E-state index contributed by atoms with van der Waals surface area (Å²) in [5.74, 6) is 0. The van der Waals surface area contributed by atoms with E-state index in [1.54, 1.807) is 11.3 Å². The van der Waals surface area contributed by atoms with Gasteiger partial charge in [-0.05, 0) is 26.9 Å². The monoisotopic (exact) mass is 171 g/mol. The minimum absolute atomic E-state index is 1.05. The number of nitrogens with zero attached hydrogens (tertiary/aromatic N) is 2. The fourth-order valence-electron chi connectivity index (χ4n) is 0.855. The van der Waals surface area contributed by atoms with Gasteiger partial charge in [-0.2, -0.15) is 0 Å². The summed E-state index contributed by atoms with van der Waals surface area (Å²) in [7, 11) is 1.96. The highest BCUT2D eigenvalue weighted by molar-refractivity contribution is 7.11. The Bertz CT molecular complexity index is 209. The predicted molar refractivity (Wildman–Crippen MR) is 46.9 cm³/mol. The molecule has 0 fully saturated rings. The van der Waals surface area contributed by atoms with Crippen molar-refractivity contribution in [3.8, 4) is 0 Å². The normalized spacial score (nSPS) is 10.4. The highest BCUT2D eigenvalue weighted by atomic mass is 32.1. The van der Waals surface area contributed by atoms with Crippen molar-refractivity contribution in [2.75, 3.05) is 13.6 Å². The maximum Gasteiger partial charge on any atom is 0.117 e. The Balaban J connectivity index is 2.27. The molecule has 0 radical (unpaired) electrons. The minimum atomic E-state index is 1.05. The minimum Gasteiger partial charge on any atom is -0.320 e. The third-order valence-electron chi connectivity index (χ3n) is 1.39. The SMILES string of the molecule is CNCCCc1nnc(C)s1. The molecular formula is C7H13N3S. The molecular weight excluding hydrogens is 158 g/mol. The molecule has 1 N–H and O–H groups in total. The first kappa shape index (κ1) is 8.62. The Labute approximate surface area is 70.9 Å². The summed E-state index contributed by atoms with van der Waals surface area (Å²) in [6, 6.07) is 0. The molecule has 0 aliphatic rings. The summed E-state index contributed by atoms with van der Waals surface area (Å²) in [6.07, 6.45) is 2.19. The molecule has 0 aromatic carbocycles. The Morgan fingerprint density at radius 3 is 2.82 bits per heavy atom. The van der Waals surface area contributed by atoms with E-state index < -0.39 is 0 Å². The van der Waals surface area contributed by atoms with Crippen LogP contribution < -0.4 is 5.32 Å². The topological polar surface area (TPSA) is 37.8 Å². The summed E-state index contributed by atoms with van der Waals surface area (Å²) < 4.78 is 0. The van der Waals surface area contributed by atoms with E-state index >= 15 is 0 Å². The number of nitrogens with one attached hydrogen (secondary N) is 1. The standard InChI is InChI=1S/C7H13N3S/c1-6-9-10-7(11-6)4-3-5-8-2/h8H,3-5H2,1-2H3. The molecule has 1 aromatic heterocycles. The molecule has 3 nitrogen and oxygen atoms in total. The molecule has 0 saturated carbocycles. The Kier molecular flexibility index (Phi) is 3.45. The number of rotatable bonds is 4. The first-order valence-electron chi connectivity index (χ1n) is 3.76. The summed E-state index contributed by atoms with van der Waals surface area (Å²) in [5, 5.41) is 13.3. The second kappa shape index (κ2) is 4.41. The lowest BCUT2D eigenvalue weighted by molar-refractivity contribution is 0.717. The Morgan fingerprint density at radius 2 is 2.27 bits per heavy atom. The first-order chi connectivity index (χ1) is 5.33. The maximum absolute atomic E-state index is 4.03. The van der Waals surface area contributed by atoms with E-state index in [1.165, 1.54) is 0 Å². The first-order valence-corrected chi connectivity index (χ1v) is 4.58. The van der Waals surface area contributed by atoms with Gasteiger partial charge in [-0.3, -0.25) is 0 Å². The molecule has 1 aromatic rings. The highest BCUT2D eigenvalue weighted by Gasteiger charge is 1.98. The zero-order valence-corrected chi connectivity index (χ0v) is 7.74. The molecule has 0 aliphatic heterocycles. The summed E-state index contributed by atoms with van der Waals surface area (Å²) in [5.41, 5.74) is 0. The van der Waals surface area contributed by atoms with Gasteiger partial charge >= 0.3 is 0 Å². The van der Waals surface area contributed by atoms with Crippen molar-refractivity contribution in [3.05, 3.63) is 10.0 Å². The van der Waals surface area contributed by atoms with E-state index in [0.717, 1.165) is 29.4 Å². The van der Waals surface area contributed by atoms with Crippen molar-refractivity contribution in [2.45, 2.75) is 19.8 Å². The van der Waals surface area contributed by atoms with Crippen LogP contribution in [0.2, 0.25) is 0 Å². The molecule has 0 aliphatic carbocycles. The lowest BCUT2D eigenvalue weighted by Gasteiger charge is -1.93. The van der Waals surface area contributed by atoms with Gasteiger partial charge in [0.15, 0.2) is 0 Å². The van der Waals surface area contributed by atoms with Gasteiger partial charge in [0.1, 0.15) is 10.0 Å². The van der Waals surface area contributed by atoms with Crippen LogP contribution in [0, 0.1) is 6.92 Å². The average molecular weight is 171 g/mol. The fraction of sp³-hybridized carbons (Fsp3) is 0.714. The third kappa shape index (κ3) is 2.95.